The summed E-state index contributed by atoms with van der Waals surface area (Å²) in [6.45, 7) is -0.463. The van der Waals surface area contributed by atoms with Crippen molar-refractivity contribution < 1.29 is 18.3 Å². The molecule has 0 unspecified atom stereocenters. The van der Waals surface area contributed by atoms with Gasteiger partial charge in [-0.1, -0.05) is 37.2 Å². The number of hydrogen-bond donors (Lipinski definition) is 2. The van der Waals surface area contributed by atoms with Gasteiger partial charge in [-0.2, -0.15) is 8.78 Å². The van der Waals surface area contributed by atoms with Crippen LogP contribution in [0, 0.1) is 0 Å². The summed E-state index contributed by atoms with van der Waals surface area (Å²) in [7, 11) is 0. The quantitative estimate of drug-likeness (QED) is 0.661. The van der Waals surface area contributed by atoms with Gasteiger partial charge in [0, 0.05) is 6.54 Å². The zero-order chi connectivity index (χ0) is 18.2. The highest BCUT2D eigenvalue weighted by Gasteiger charge is 2.14. The number of carbonyl (C=O) groups excluding carboxylic acids is 1. The van der Waals surface area contributed by atoms with Gasteiger partial charge in [0.25, 0.3) is 0 Å². The van der Waals surface area contributed by atoms with Crippen molar-refractivity contribution in [3.8, 4) is 5.75 Å². The van der Waals surface area contributed by atoms with E-state index in [-0.39, 0.29) is 22.9 Å². The van der Waals surface area contributed by atoms with E-state index in [4.69, 9.17) is 0 Å². The van der Waals surface area contributed by atoms with Crippen molar-refractivity contribution in [1.29, 1.82) is 0 Å². The minimum absolute atomic E-state index is 0.0283. The molecular weight excluding hydrogens is 354 g/mol. The van der Waals surface area contributed by atoms with Crippen molar-refractivity contribution in [1.82, 2.24) is 14.8 Å². The number of unbranched alkanes of at least 4 members (excludes halogenated alkanes) is 1. The molecule has 0 saturated heterocycles. The maximum absolute atomic E-state index is 12.4. The molecule has 0 fully saturated rings. The van der Waals surface area contributed by atoms with Crippen LogP contribution in [0.25, 0.3) is 0 Å². The number of amides is 1. The van der Waals surface area contributed by atoms with Gasteiger partial charge in [-0.05, 0) is 18.6 Å². The number of nitrogens with zero attached hydrogens (tertiary/aromatic N) is 2. The molecule has 25 heavy (non-hydrogen) atoms. The van der Waals surface area contributed by atoms with E-state index < -0.39 is 12.5 Å². The number of anilines is 1. The van der Waals surface area contributed by atoms with E-state index >= 15 is 0 Å². The summed E-state index contributed by atoms with van der Waals surface area (Å²) in [5.74, 6) is -0.567. The van der Waals surface area contributed by atoms with Crippen LogP contribution in [-0.4, -0.2) is 33.0 Å². The van der Waals surface area contributed by atoms with Gasteiger partial charge in [0.1, 0.15) is 5.75 Å². The molecule has 0 spiro atoms. The normalized spacial score (nSPS) is 10.9. The Labute approximate surface area is 146 Å². The molecule has 1 aromatic heterocycles. The second kappa shape index (κ2) is 9.21. The first-order valence-electron chi connectivity index (χ1n) is 7.63. The second-order valence-corrected chi connectivity index (χ2v) is 5.97. The number of thioether (sulfide) groups is 1. The van der Waals surface area contributed by atoms with E-state index in [9.17, 15) is 18.4 Å². The lowest BCUT2D eigenvalue weighted by Crippen LogP contribution is -2.19. The number of para-hydroxylation sites is 2. The third-order valence-corrected chi connectivity index (χ3v) is 4.14. The van der Waals surface area contributed by atoms with Gasteiger partial charge in [0.15, 0.2) is 5.16 Å². The Bertz CT molecular complexity index is 763. The highest BCUT2D eigenvalue weighted by Crippen LogP contribution is 2.26. The molecule has 2 aromatic rings. The highest BCUT2D eigenvalue weighted by atomic mass is 32.2. The van der Waals surface area contributed by atoms with E-state index in [1.54, 1.807) is 6.07 Å². The molecule has 136 valence electrons. The Balaban J connectivity index is 1.97. The lowest BCUT2D eigenvalue weighted by Gasteiger charge is -2.11. The van der Waals surface area contributed by atoms with Crippen LogP contribution in [0.3, 0.4) is 0 Å². The van der Waals surface area contributed by atoms with Crippen LogP contribution in [-0.2, 0) is 11.3 Å². The molecule has 2 rings (SSSR count). The summed E-state index contributed by atoms with van der Waals surface area (Å²) in [5, 5.41) is 9.16. The lowest BCUT2D eigenvalue weighted by atomic mass is 10.3. The number of aromatic nitrogens is 3. The Hall–Kier alpha value is -2.36. The zero-order valence-corrected chi connectivity index (χ0v) is 14.3. The third kappa shape index (κ3) is 5.59. The number of carbonyl (C=O) groups is 1. The molecule has 0 bridgehead atoms. The maximum Gasteiger partial charge on any atom is 0.387 e. The number of nitrogens with one attached hydrogen (secondary N) is 2. The Kier molecular flexibility index (Phi) is 6.99. The molecule has 0 saturated carbocycles. The van der Waals surface area contributed by atoms with Crippen LogP contribution in [0.5, 0.6) is 5.75 Å². The summed E-state index contributed by atoms with van der Waals surface area (Å²) < 4.78 is 30.6. The third-order valence-electron chi connectivity index (χ3n) is 3.17. The first-order valence-corrected chi connectivity index (χ1v) is 8.61. The minimum Gasteiger partial charge on any atom is -0.433 e. The molecule has 0 atom stereocenters. The molecule has 1 heterocycles. The number of rotatable bonds is 9. The topological polar surface area (TPSA) is 89.0 Å². The van der Waals surface area contributed by atoms with Crippen LogP contribution < -0.4 is 15.7 Å². The van der Waals surface area contributed by atoms with Crippen LogP contribution >= 0.6 is 11.8 Å². The van der Waals surface area contributed by atoms with Crippen LogP contribution in [0.2, 0.25) is 0 Å². The molecule has 0 radical (unpaired) electrons. The molecule has 0 aliphatic heterocycles. The first-order chi connectivity index (χ1) is 12.0. The van der Waals surface area contributed by atoms with Gasteiger partial charge in [-0.15, -0.1) is 5.10 Å². The summed E-state index contributed by atoms with van der Waals surface area (Å²) in [4.78, 5) is 23.7. The van der Waals surface area contributed by atoms with Crippen LogP contribution in [0.1, 0.15) is 19.8 Å². The van der Waals surface area contributed by atoms with Crippen molar-refractivity contribution >= 4 is 23.4 Å². The Morgan fingerprint density at radius 2 is 2.20 bits per heavy atom. The number of hydrogen-bond acceptors (Lipinski definition) is 5. The number of halogens is 2. The number of ether oxygens (including phenoxy) is 1. The maximum atomic E-state index is 12.4. The van der Waals surface area contributed by atoms with Crippen LogP contribution in [0.15, 0.2) is 34.2 Å². The van der Waals surface area contributed by atoms with Crippen LogP contribution in [0.4, 0.5) is 14.5 Å². The Morgan fingerprint density at radius 1 is 1.44 bits per heavy atom. The molecule has 2 N–H and O–H groups in total. The van der Waals surface area contributed by atoms with E-state index in [1.165, 1.54) is 22.8 Å². The SMILES string of the molecule is CCCCn1c(SCC(=O)Nc2ccccc2OC(F)F)n[nH]c1=O. The minimum atomic E-state index is -2.98. The fourth-order valence-corrected chi connectivity index (χ4v) is 2.78. The van der Waals surface area contributed by atoms with E-state index in [2.05, 4.69) is 20.3 Å². The first kappa shape index (κ1) is 19.0. The Morgan fingerprint density at radius 3 is 2.92 bits per heavy atom. The fraction of sp³-hybridized carbons (Fsp3) is 0.400. The van der Waals surface area contributed by atoms with Gasteiger partial charge in [-0.3, -0.25) is 9.36 Å². The van der Waals surface area contributed by atoms with Gasteiger partial charge in [0.05, 0.1) is 11.4 Å². The molecule has 1 aromatic carbocycles. The molecule has 0 aliphatic carbocycles. The van der Waals surface area contributed by atoms with Gasteiger partial charge < -0.3 is 10.1 Å². The van der Waals surface area contributed by atoms with E-state index in [0.29, 0.717) is 11.7 Å². The molecule has 7 nitrogen and oxygen atoms in total. The molecule has 10 heteroatoms. The summed E-state index contributed by atoms with van der Waals surface area (Å²) in [5.41, 5.74) is -0.175. The van der Waals surface area contributed by atoms with E-state index in [1.807, 2.05) is 6.92 Å². The van der Waals surface area contributed by atoms with Crippen molar-refractivity contribution in [2.24, 2.45) is 0 Å². The number of H-pyrrole nitrogens is 1. The van der Waals surface area contributed by atoms with Crippen molar-refractivity contribution in [3.05, 3.63) is 34.7 Å². The van der Waals surface area contributed by atoms with E-state index in [0.717, 1.165) is 24.6 Å². The molecular formula is C15H18F2N4O3S. The van der Waals surface area contributed by atoms with Crippen molar-refractivity contribution in [2.45, 2.75) is 38.1 Å². The predicted molar refractivity (Wildman–Crippen MR) is 90.2 cm³/mol. The van der Waals surface area contributed by atoms with Crippen molar-refractivity contribution in [3.63, 3.8) is 0 Å². The highest BCUT2D eigenvalue weighted by molar-refractivity contribution is 7.99. The second-order valence-electron chi connectivity index (χ2n) is 5.03. The van der Waals surface area contributed by atoms with Gasteiger partial charge in [0.2, 0.25) is 5.91 Å². The zero-order valence-electron chi connectivity index (χ0n) is 13.5. The fourth-order valence-electron chi connectivity index (χ4n) is 2.01. The number of alkyl halides is 2. The number of benzene rings is 1. The molecule has 0 aliphatic rings. The standard InChI is InChI=1S/C15H18F2N4O3S/c1-2-3-8-21-14(23)19-20-15(21)25-9-12(22)18-10-6-4-5-7-11(10)24-13(16)17/h4-7,13H,2-3,8-9H2,1H3,(H,18,22)(H,19,23). The smallest absolute Gasteiger partial charge is 0.387 e. The summed E-state index contributed by atoms with van der Waals surface area (Å²) in [6, 6.07) is 5.92. The average molecular weight is 372 g/mol. The summed E-state index contributed by atoms with van der Waals surface area (Å²) in [6.07, 6.45) is 1.74. The van der Waals surface area contributed by atoms with Crippen molar-refractivity contribution in [2.75, 3.05) is 11.1 Å². The van der Waals surface area contributed by atoms with Gasteiger partial charge >= 0.3 is 12.3 Å². The largest absolute Gasteiger partial charge is 0.433 e. The summed E-state index contributed by atoms with van der Waals surface area (Å²) >= 11 is 1.09. The van der Waals surface area contributed by atoms with Gasteiger partial charge in [-0.25, -0.2) is 9.89 Å². The predicted octanol–water partition coefficient (Wildman–Crippen LogP) is 2.70. The monoisotopic (exact) mass is 372 g/mol. The lowest BCUT2D eigenvalue weighted by molar-refractivity contribution is -0.113. The number of aromatic amines is 1. The molecule has 1 amide bonds. The average Bonchev–Trinajstić information content (AvgIpc) is 2.92.